The fourth-order valence-corrected chi connectivity index (χ4v) is 3.24. The molecular formula is C16H22N2O3. The van der Waals surface area contributed by atoms with Crippen LogP contribution in [0.4, 0.5) is 5.69 Å². The smallest absolute Gasteiger partial charge is 0.253 e. The fourth-order valence-electron chi connectivity index (χ4n) is 3.24. The summed E-state index contributed by atoms with van der Waals surface area (Å²) in [7, 11) is 0. The molecule has 5 nitrogen and oxygen atoms in total. The molecule has 0 spiro atoms. The summed E-state index contributed by atoms with van der Waals surface area (Å²) in [5.74, 6) is 1.05. The van der Waals surface area contributed by atoms with Crippen LogP contribution in [-0.2, 0) is 0 Å². The number of nitrogen functional groups attached to an aromatic ring is 1. The zero-order valence-electron chi connectivity index (χ0n) is 12.6. The van der Waals surface area contributed by atoms with E-state index in [9.17, 15) is 4.79 Å². The summed E-state index contributed by atoms with van der Waals surface area (Å²) in [5.41, 5.74) is 7.13. The SMILES string of the molecule is CC1(C)CCCC(NC(=O)c2cc3c(cc2N)OCO3)C1. The van der Waals surface area contributed by atoms with E-state index in [1.54, 1.807) is 12.1 Å². The Kier molecular flexibility index (Phi) is 3.43. The number of nitrogens with two attached hydrogens (primary N) is 1. The largest absolute Gasteiger partial charge is 0.454 e. The van der Waals surface area contributed by atoms with Crippen molar-refractivity contribution in [3.8, 4) is 11.5 Å². The lowest BCUT2D eigenvalue weighted by molar-refractivity contribution is 0.0903. The highest BCUT2D eigenvalue weighted by Gasteiger charge is 2.29. The first-order valence-corrected chi connectivity index (χ1v) is 7.45. The first-order valence-electron chi connectivity index (χ1n) is 7.45. The Balaban J connectivity index is 1.74. The van der Waals surface area contributed by atoms with E-state index in [1.807, 2.05) is 0 Å². The average molecular weight is 290 g/mol. The molecule has 0 radical (unpaired) electrons. The first-order chi connectivity index (χ1) is 9.94. The molecule has 1 aliphatic carbocycles. The third kappa shape index (κ3) is 2.91. The minimum atomic E-state index is -0.131. The molecule has 1 atom stereocenters. The van der Waals surface area contributed by atoms with E-state index >= 15 is 0 Å². The van der Waals surface area contributed by atoms with Crippen LogP contribution in [0.2, 0.25) is 0 Å². The lowest BCUT2D eigenvalue weighted by atomic mass is 9.75. The van der Waals surface area contributed by atoms with Crippen molar-refractivity contribution in [2.24, 2.45) is 5.41 Å². The van der Waals surface area contributed by atoms with E-state index < -0.39 is 0 Å². The number of fused-ring (bicyclic) bond motifs is 1. The van der Waals surface area contributed by atoms with Crippen molar-refractivity contribution in [1.29, 1.82) is 0 Å². The summed E-state index contributed by atoms with van der Waals surface area (Å²) in [4.78, 5) is 12.5. The number of carbonyl (C=O) groups is 1. The Morgan fingerprint density at radius 2 is 2.05 bits per heavy atom. The topological polar surface area (TPSA) is 73.6 Å². The summed E-state index contributed by atoms with van der Waals surface area (Å²) in [6, 6.07) is 3.54. The van der Waals surface area contributed by atoms with Gasteiger partial charge in [0.2, 0.25) is 6.79 Å². The lowest BCUT2D eigenvalue weighted by Gasteiger charge is -2.35. The number of rotatable bonds is 2. The molecule has 1 aromatic carbocycles. The van der Waals surface area contributed by atoms with Gasteiger partial charge in [-0.1, -0.05) is 20.3 Å². The maximum atomic E-state index is 12.5. The van der Waals surface area contributed by atoms with Gasteiger partial charge < -0.3 is 20.5 Å². The fraction of sp³-hybridized carbons (Fsp3) is 0.562. The molecule has 1 aliphatic heterocycles. The Morgan fingerprint density at radius 1 is 1.33 bits per heavy atom. The molecule has 0 aromatic heterocycles. The molecular weight excluding hydrogens is 268 g/mol. The van der Waals surface area contributed by atoms with Gasteiger partial charge in [-0.3, -0.25) is 4.79 Å². The minimum absolute atomic E-state index is 0.131. The summed E-state index contributed by atoms with van der Waals surface area (Å²) >= 11 is 0. The van der Waals surface area contributed by atoms with Crippen LogP contribution in [0.15, 0.2) is 12.1 Å². The molecule has 1 unspecified atom stereocenters. The maximum Gasteiger partial charge on any atom is 0.253 e. The van der Waals surface area contributed by atoms with E-state index in [2.05, 4.69) is 19.2 Å². The molecule has 0 saturated heterocycles. The summed E-state index contributed by atoms with van der Waals surface area (Å²) in [6.45, 7) is 4.68. The molecule has 1 amide bonds. The van der Waals surface area contributed by atoms with Gasteiger partial charge in [-0.15, -0.1) is 0 Å². The summed E-state index contributed by atoms with van der Waals surface area (Å²) < 4.78 is 10.6. The van der Waals surface area contributed by atoms with Crippen molar-refractivity contribution in [1.82, 2.24) is 5.32 Å². The second kappa shape index (κ2) is 5.13. The van der Waals surface area contributed by atoms with Crippen LogP contribution in [0.3, 0.4) is 0 Å². The Morgan fingerprint density at radius 3 is 2.76 bits per heavy atom. The molecule has 1 saturated carbocycles. The van der Waals surface area contributed by atoms with Crippen LogP contribution in [-0.4, -0.2) is 18.7 Å². The van der Waals surface area contributed by atoms with E-state index in [0.717, 1.165) is 19.3 Å². The van der Waals surface area contributed by atoms with Crippen LogP contribution in [0.1, 0.15) is 49.9 Å². The van der Waals surface area contributed by atoms with Crippen LogP contribution in [0.5, 0.6) is 11.5 Å². The number of nitrogens with one attached hydrogen (secondary N) is 1. The predicted molar refractivity (Wildman–Crippen MR) is 80.5 cm³/mol. The van der Waals surface area contributed by atoms with Crippen LogP contribution >= 0.6 is 0 Å². The highest BCUT2D eigenvalue weighted by Crippen LogP contribution is 2.37. The van der Waals surface area contributed by atoms with Gasteiger partial charge in [-0.05, 0) is 30.7 Å². The number of ether oxygens (including phenoxy) is 2. The van der Waals surface area contributed by atoms with Gasteiger partial charge in [-0.2, -0.15) is 0 Å². The molecule has 3 N–H and O–H groups in total. The number of amides is 1. The highest BCUT2D eigenvalue weighted by atomic mass is 16.7. The average Bonchev–Trinajstić information content (AvgIpc) is 2.83. The summed E-state index contributed by atoms with van der Waals surface area (Å²) in [5, 5.41) is 3.11. The number of hydrogen-bond acceptors (Lipinski definition) is 4. The Bertz CT molecular complexity index is 569. The quantitative estimate of drug-likeness (QED) is 0.821. The van der Waals surface area contributed by atoms with E-state index in [1.165, 1.54) is 6.42 Å². The van der Waals surface area contributed by atoms with E-state index in [0.29, 0.717) is 22.7 Å². The van der Waals surface area contributed by atoms with Crippen molar-refractivity contribution in [2.75, 3.05) is 12.5 Å². The van der Waals surface area contributed by atoms with Crippen LogP contribution < -0.4 is 20.5 Å². The minimum Gasteiger partial charge on any atom is -0.454 e. The van der Waals surface area contributed by atoms with Crippen molar-refractivity contribution in [3.63, 3.8) is 0 Å². The molecule has 2 aliphatic rings. The zero-order chi connectivity index (χ0) is 15.0. The highest BCUT2D eigenvalue weighted by molar-refractivity contribution is 6.00. The molecule has 0 bridgehead atoms. The van der Waals surface area contributed by atoms with Gasteiger partial charge in [0.05, 0.1) is 5.56 Å². The third-order valence-electron chi connectivity index (χ3n) is 4.33. The van der Waals surface area contributed by atoms with Crippen molar-refractivity contribution in [2.45, 2.75) is 45.6 Å². The monoisotopic (exact) mass is 290 g/mol. The molecule has 114 valence electrons. The molecule has 1 fully saturated rings. The van der Waals surface area contributed by atoms with Gasteiger partial charge in [-0.25, -0.2) is 0 Å². The van der Waals surface area contributed by atoms with Gasteiger partial charge in [0.15, 0.2) is 11.5 Å². The first kappa shape index (κ1) is 14.0. The number of benzene rings is 1. The van der Waals surface area contributed by atoms with Gasteiger partial charge in [0.1, 0.15) is 0 Å². The number of hydrogen-bond donors (Lipinski definition) is 2. The second-order valence-corrected chi connectivity index (χ2v) is 6.72. The molecule has 3 rings (SSSR count). The number of carbonyl (C=O) groups excluding carboxylic acids is 1. The van der Waals surface area contributed by atoms with Gasteiger partial charge in [0.25, 0.3) is 5.91 Å². The van der Waals surface area contributed by atoms with Gasteiger partial charge in [0, 0.05) is 17.8 Å². The van der Waals surface area contributed by atoms with Crippen molar-refractivity contribution in [3.05, 3.63) is 17.7 Å². The van der Waals surface area contributed by atoms with Crippen molar-refractivity contribution < 1.29 is 14.3 Å². The zero-order valence-corrected chi connectivity index (χ0v) is 12.6. The Hall–Kier alpha value is -1.91. The standard InChI is InChI=1S/C16H22N2O3/c1-16(2)5-3-4-10(8-16)18-15(19)11-6-13-14(7-12(11)17)21-9-20-13/h6-7,10H,3-5,8-9,17H2,1-2H3,(H,18,19). The molecule has 5 heteroatoms. The van der Waals surface area contributed by atoms with E-state index in [4.69, 9.17) is 15.2 Å². The van der Waals surface area contributed by atoms with Gasteiger partial charge >= 0.3 is 0 Å². The second-order valence-electron chi connectivity index (χ2n) is 6.72. The molecule has 21 heavy (non-hydrogen) atoms. The normalized spacial score (nSPS) is 22.9. The van der Waals surface area contributed by atoms with E-state index in [-0.39, 0.29) is 24.2 Å². The molecule has 1 aromatic rings. The van der Waals surface area contributed by atoms with Crippen molar-refractivity contribution >= 4 is 11.6 Å². The summed E-state index contributed by atoms with van der Waals surface area (Å²) in [6.07, 6.45) is 4.39. The number of anilines is 1. The lowest BCUT2D eigenvalue weighted by Crippen LogP contribution is -2.40. The van der Waals surface area contributed by atoms with Crippen LogP contribution in [0, 0.1) is 5.41 Å². The Labute approximate surface area is 124 Å². The third-order valence-corrected chi connectivity index (χ3v) is 4.33. The predicted octanol–water partition coefficient (Wildman–Crippen LogP) is 2.70. The van der Waals surface area contributed by atoms with Crippen LogP contribution in [0.25, 0.3) is 0 Å². The molecule has 1 heterocycles. The maximum absolute atomic E-state index is 12.5.